The zero-order valence-electron chi connectivity index (χ0n) is 21.8. The number of hydrogen-bond donors (Lipinski definition) is 0. The zero-order chi connectivity index (χ0) is 22.6. The minimum Gasteiger partial charge on any atom is -0.378 e. The second-order valence-electron chi connectivity index (χ2n) is 11.2. The molecule has 0 aliphatic heterocycles. The fourth-order valence-corrected chi connectivity index (χ4v) is 10.0. The van der Waals surface area contributed by atoms with E-state index in [9.17, 15) is 0 Å². The van der Waals surface area contributed by atoms with Crippen LogP contribution >= 0.6 is 16.3 Å². The largest absolute Gasteiger partial charge is 0.378 e. The molecule has 1 rings (SSSR count). The summed E-state index contributed by atoms with van der Waals surface area (Å²) in [5.41, 5.74) is 0. The van der Waals surface area contributed by atoms with Gasteiger partial charge in [-0.3, -0.25) is 0 Å². The van der Waals surface area contributed by atoms with Gasteiger partial charge in [0.1, 0.15) is 20.6 Å². The molecule has 2 nitrogen and oxygen atoms in total. The number of rotatable bonds is 4. The van der Waals surface area contributed by atoms with Crippen molar-refractivity contribution in [1.82, 2.24) is 0 Å². The van der Waals surface area contributed by atoms with Crippen molar-refractivity contribution >= 4 is 16.3 Å². The van der Waals surface area contributed by atoms with Gasteiger partial charge in [-0.1, -0.05) is 6.07 Å². The van der Waals surface area contributed by atoms with Crippen LogP contribution in [-0.4, -0.2) is 20.6 Å². The Kier molecular flexibility index (Phi) is 15.0. The Morgan fingerprint density at radius 3 is 1.07 bits per heavy atom. The maximum atomic E-state index is 6.51. The molecule has 1 aromatic carbocycles. The molecule has 0 unspecified atom stereocenters. The first kappa shape index (κ1) is 34.7. The van der Waals surface area contributed by atoms with E-state index in [-0.39, 0.29) is 48.2 Å². The molecule has 0 spiro atoms. The Morgan fingerprint density at radius 2 is 0.867 bits per heavy atom. The van der Waals surface area contributed by atoms with E-state index in [4.69, 9.17) is 9.05 Å². The minimum atomic E-state index is -1.11. The van der Waals surface area contributed by atoms with Crippen molar-refractivity contribution in [1.29, 1.82) is 0 Å². The average Bonchev–Trinajstić information content (AvgIpc) is 2.48. The molecule has 5 heteroatoms. The van der Waals surface area contributed by atoms with Crippen molar-refractivity contribution in [2.24, 2.45) is 0 Å². The summed E-state index contributed by atoms with van der Waals surface area (Å²) in [4.78, 5) is 0. The molecule has 0 saturated heterocycles. The monoisotopic (exact) mass is 635 g/mol. The Balaban J connectivity index is -0.00000176. The Bertz CT molecular complexity index is 528. The molecule has 0 heterocycles. The van der Waals surface area contributed by atoms with Crippen molar-refractivity contribution in [2.75, 3.05) is 0 Å². The summed E-state index contributed by atoms with van der Waals surface area (Å²) in [5.74, 6) is 1.62. The van der Waals surface area contributed by atoms with Gasteiger partial charge in [0.25, 0.3) is 0 Å². The van der Waals surface area contributed by atoms with E-state index in [1.54, 1.807) is 0 Å². The van der Waals surface area contributed by atoms with Crippen LogP contribution in [0.3, 0.4) is 0 Å². The third-order valence-electron chi connectivity index (χ3n) is 3.89. The van der Waals surface area contributed by atoms with Crippen LogP contribution in [0.2, 0.25) is 0 Å². The number of benzene rings is 1. The molecule has 0 fully saturated rings. The van der Waals surface area contributed by atoms with Crippen LogP contribution in [0, 0.1) is 13.5 Å². The van der Waals surface area contributed by atoms with Crippen LogP contribution in [0.1, 0.15) is 83.1 Å². The summed E-state index contributed by atoms with van der Waals surface area (Å²) in [6.07, 6.45) is 0. The molecule has 0 N–H and O–H groups in total. The zero-order valence-corrected chi connectivity index (χ0v) is 26.2. The number of hydrogen-bond acceptors (Lipinski definition) is 2. The predicted molar refractivity (Wildman–Crippen MR) is 140 cm³/mol. The predicted octanol–water partition coefficient (Wildman–Crippen LogP) is 8.95. The summed E-state index contributed by atoms with van der Waals surface area (Å²) in [7, 11) is -2.21. The second kappa shape index (κ2) is 12.9. The van der Waals surface area contributed by atoms with E-state index in [1.165, 1.54) is 0 Å². The summed E-state index contributed by atoms with van der Waals surface area (Å²) in [5, 5.41) is 0.553. The molecule has 0 aromatic heterocycles. The SMILES string of the molecule is C=C.CC(C)(C)[PH+](Oc1[c-]c(O[PH+](C(C)(C)C)C(C)(C)C)ccc1)C(C)(C)C.[CH3-].[Ir]. The molecule has 30 heavy (non-hydrogen) atoms. The molecule has 0 bridgehead atoms. The van der Waals surface area contributed by atoms with Crippen molar-refractivity contribution in [3.8, 4) is 11.5 Å². The molecule has 0 aliphatic rings. The summed E-state index contributed by atoms with van der Waals surface area (Å²) in [6.45, 7) is 33.3. The van der Waals surface area contributed by atoms with Gasteiger partial charge < -0.3 is 16.5 Å². The van der Waals surface area contributed by atoms with Gasteiger partial charge in [0, 0.05) is 20.1 Å². The van der Waals surface area contributed by atoms with Gasteiger partial charge >= 0.3 is 0 Å². The molecule has 1 radical (unpaired) electrons. The van der Waals surface area contributed by atoms with Crippen molar-refractivity contribution in [2.45, 2.75) is 104 Å². The molecule has 179 valence electrons. The molecule has 0 amide bonds. The van der Waals surface area contributed by atoms with Crippen LogP contribution in [0.25, 0.3) is 0 Å². The maximum absolute atomic E-state index is 6.51. The molecule has 0 saturated carbocycles. The van der Waals surface area contributed by atoms with E-state index in [2.05, 4.69) is 102 Å². The van der Waals surface area contributed by atoms with E-state index >= 15 is 0 Å². The Hall–Kier alpha value is 0.0694. The quantitative estimate of drug-likeness (QED) is 0.187. The molecule has 1 aromatic rings. The topological polar surface area (TPSA) is 18.5 Å². The smallest absolute Gasteiger partial charge is 0.185 e. The summed E-state index contributed by atoms with van der Waals surface area (Å²) < 4.78 is 13.0. The first-order valence-electron chi connectivity index (χ1n) is 10.1. The minimum absolute atomic E-state index is 0. The van der Waals surface area contributed by atoms with E-state index in [1.807, 2.05) is 18.2 Å². The maximum Gasteiger partial charge on any atom is 0.185 e. The van der Waals surface area contributed by atoms with E-state index < -0.39 is 16.3 Å². The Morgan fingerprint density at radius 1 is 0.633 bits per heavy atom. The van der Waals surface area contributed by atoms with Crippen LogP contribution in [-0.2, 0) is 20.1 Å². The third kappa shape index (κ3) is 11.6. The second-order valence-corrected chi connectivity index (χ2v) is 19.0. The van der Waals surface area contributed by atoms with Crippen molar-refractivity contribution in [3.63, 3.8) is 0 Å². The van der Waals surface area contributed by atoms with Crippen LogP contribution in [0.15, 0.2) is 31.4 Å². The van der Waals surface area contributed by atoms with Gasteiger partial charge in [-0.2, -0.15) is 6.07 Å². The van der Waals surface area contributed by atoms with Crippen LogP contribution in [0.4, 0.5) is 0 Å². The molecule has 0 atom stereocenters. The third-order valence-corrected chi connectivity index (χ3v) is 10.2. The first-order valence-corrected chi connectivity index (χ1v) is 12.9. The fraction of sp³-hybridized carbons (Fsp3) is 0.640. The standard InChI is InChI=1S/C22H39O2P2.C2H4.CH3.Ir/c1-19(2,3)25(20(4,5)6)23-17-14-13-15-18(16-17)24-26(21(7,8)9)22(10,11)12;1-2;;/h13-15H,1-12H3;1-2H2;1H3;/q-1;;-1;/p+2. The van der Waals surface area contributed by atoms with Gasteiger partial charge in [-0.15, -0.1) is 25.3 Å². The van der Waals surface area contributed by atoms with Gasteiger partial charge in [0.2, 0.25) is 0 Å². The van der Waals surface area contributed by atoms with E-state index in [0.29, 0.717) is 0 Å². The summed E-state index contributed by atoms with van der Waals surface area (Å²) in [6, 6.07) is 9.44. The normalized spacial score (nSPS) is 12.3. The van der Waals surface area contributed by atoms with Gasteiger partial charge in [-0.25, -0.2) is 0 Å². The van der Waals surface area contributed by atoms with Crippen LogP contribution < -0.4 is 9.05 Å². The van der Waals surface area contributed by atoms with Gasteiger partial charge in [0.15, 0.2) is 16.3 Å². The molecular weight excluding hydrogens is 586 g/mol. The molecular formula is C25H48IrO2P2. The van der Waals surface area contributed by atoms with Crippen molar-refractivity contribution in [3.05, 3.63) is 44.8 Å². The summed E-state index contributed by atoms with van der Waals surface area (Å²) >= 11 is 0. The van der Waals surface area contributed by atoms with Gasteiger partial charge in [0.05, 0.1) is 11.5 Å². The van der Waals surface area contributed by atoms with E-state index in [0.717, 1.165) is 11.5 Å². The first-order chi connectivity index (χ1) is 12.4. The van der Waals surface area contributed by atoms with Crippen molar-refractivity contribution < 1.29 is 29.2 Å². The fourth-order valence-electron chi connectivity index (χ4n) is 3.63. The molecule has 0 aliphatic carbocycles. The van der Waals surface area contributed by atoms with Crippen LogP contribution in [0.5, 0.6) is 11.5 Å². The average molecular weight is 635 g/mol. The Labute approximate surface area is 205 Å². The van der Waals surface area contributed by atoms with Gasteiger partial charge in [-0.05, 0) is 83.1 Å².